The average Bonchev–Trinajstić information content (AvgIpc) is 2.49. The molecule has 0 amide bonds. The van der Waals surface area contributed by atoms with Gasteiger partial charge in [0.25, 0.3) is 0 Å². The van der Waals surface area contributed by atoms with Gasteiger partial charge in [0.1, 0.15) is 0 Å². The van der Waals surface area contributed by atoms with E-state index in [-0.39, 0.29) is 6.10 Å². The van der Waals surface area contributed by atoms with Crippen molar-refractivity contribution in [1.82, 2.24) is 0 Å². The van der Waals surface area contributed by atoms with Crippen LogP contribution in [0.5, 0.6) is 5.75 Å². The van der Waals surface area contributed by atoms with Crippen molar-refractivity contribution in [1.29, 1.82) is 0 Å². The molecular formula is C11H12OSe. The van der Waals surface area contributed by atoms with Crippen molar-refractivity contribution in [3.8, 4) is 5.75 Å². The Hall–Kier alpha value is -0.721. The van der Waals surface area contributed by atoms with E-state index in [2.05, 4.69) is 37.0 Å². The number of benzene rings is 1. The fraction of sp³-hybridized carbons (Fsp3) is 0.273. The van der Waals surface area contributed by atoms with Gasteiger partial charge in [-0.15, -0.1) is 0 Å². The average molecular weight is 239 g/mol. The van der Waals surface area contributed by atoms with E-state index in [9.17, 15) is 0 Å². The van der Waals surface area contributed by atoms with E-state index in [0.29, 0.717) is 14.5 Å². The van der Waals surface area contributed by atoms with Gasteiger partial charge in [0.2, 0.25) is 0 Å². The number of fused-ring (bicyclic) bond motifs is 1. The summed E-state index contributed by atoms with van der Waals surface area (Å²) in [6.07, 6.45) is 0.264. The van der Waals surface area contributed by atoms with Crippen molar-refractivity contribution in [2.45, 2.75) is 20.0 Å². The van der Waals surface area contributed by atoms with Crippen molar-refractivity contribution in [2.75, 3.05) is 0 Å². The molecule has 0 spiro atoms. The van der Waals surface area contributed by atoms with Crippen molar-refractivity contribution < 1.29 is 4.74 Å². The molecule has 0 unspecified atom stereocenters. The number of rotatable bonds is 2. The molecule has 0 aliphatic heterocycles. The molecule has 0 N–H and O–H groups in total. The van der Waals surface area contributed by atoms with E-state index in [1.165, 1.54) is 9.65 Å². The molecule has 0 saturated heterocycles. The SMILES string of the molecule is CC(C)Oc1ccc2cc[se]c2c1. The number of ether oxygens (including phenoxy) is 1. The van der Waals surface area contributed by atoms with Crippen molar-refractivity contribution in [3.05, 3.63) is 29.2 Å². The fourth-order valence-electron chi connectivity index (χ4n) is 1.28. The molecule has 0 saturated carbocycles. The first-order chi connectivity index (χ1) is 6.25. The zero-order valence-corrected chi connectivity index (χ0v) is 9.49. The van der Waals surface area contributed by atoms with Gasteiger partial charge < -0.3 is 0 Å². The van der Waals surface area contributed by atoms with E-state index < -0.39 is 0 Å². The van der Waals surface area contributed by atoms with E-state index >= 15 is 0 Å². The van der Waals surface area contributed by atoms with Gasteiger partial charge in [0, 0.05) is 0 Å². The van der Waals surface area contributed by atoms with E-state index in [0.717, 1.165) is 5.75 Å². The summed E-state index contributed by atoms with van der Waals surface area (Å²) in [5, 5.41) is 1.36. The Bertz CT molecular complexity index is 403. The Morgan fingerprint density at radius 2 is 2.08 bits per heavy atom. The Morgan fingerprint density at radius 1 is 1.23 bits per heavy atom. The molecule has 1 nitrogen and oxygen atoms in total. The van der Waals surface area contributed by atoms with Gasteiger partial charge in [0.15, 0.2) is 0 Å². The Balaban J connectivity index is 2.37. The van der Waals surface area contributed by atoms with Crippen LogP contribution in [-0.4, -0.2) is 20.6 Å². The van der Waals surface area contributed by atoms with Crippen LogP contribution in [0.3, 0.4) is 0 Å². The van der Waals surface area contributed by atoms with Crippen LogP contribution >= 0.6 is 0 Å². The van der Waals surface area contributed by atoms with Crippen LogP contribution in [0, 0.1) is 0 Å². The molecule has 13 heavy (non-hydrogen) atoms. The summed E-state index contributed by atoms with van der Waals surface area (Å²) in [4.78, 5) is 2.25. The Labute approximate surface area is 84.1 Å². The minimum atomic E-state index is 0.264. The molecular weight excluding hydrogens is 227 g/mol. The third kappa shape index (κ3) is 1.96. The predicted octanol–water partition coefficient (Wildman–Crippen LogP) is 2.68. The molecule has 0 fully saturated rings. The molecule has 0 aliphatic carbocycles. The summed E-state index contributed by atoms with van der Waals surface area (Å²) >= 11 is 0.520. The molecule has 0 bridgehead atoms. The van der Waals surface area contributed by atoms with Crippen LogP contribution in [0.2, 0.25) is 0 Å². The summed E-state index contributed by atoms with van der Waals surface area (Å²) < 4.78 is 7.06. The van der Waals surface area contributed by atoms with Crippen LogP contribution in [0.15, 0.2) is 29.2 Å². The monoisotopic (exact) mass is 240 g/mol. The molecule has 2 rings (SSSR count). The summed E-state index contributed by atoms with van der Waals surface area (Å²) in [6.45, 7) is 4.10. The first-order valence-corrected chi connectivity index (χ1v) is 6.24. The van der Waals surface area contributed by atoms with Gasteiger partial charge >= 0.3 is 83.8 Å². The van der Waals surface area contributed by atoms with Crippen LogP contribution in [-0.2, 0) is 0 Å². The summed E-state index contributed by atoms with van der Waals surface area (Å²) in [6, 6.07) is 8.53. The Kier molecular flexibility index (Phi) is 2.43. The molecule has 0 aliphatic rings. The maximum absolute atomic E-state index is 5.62. The molecule has 1 aromatic carbocycles. The third-order valence-corrected chi connectivity index (χ3v) is 3.65. The first kappa shape index (κ1) is 8.86. The molecule has 0 atom stereocenters. The predicted molar refractivity (Wildman–Crippen MR) is 56.7 cm³/mol. The van der Waals surface area contributed by atoms with Gasteiger partial charge in [-0.05, 0) is 0 Å². The zero-order valence-electron chi connectivity index (χ0n) is 7.78. The molecule has 0 radical (unpaired) electrons. The van der Waals surface area contributed by atoms with Crippen LogP contribution in [0.4, 0.5) is 0 Å². The first-order valence-electron chi connectivity index (χ1n) is 4.39. The number of hydrogen-bond donors (Lipinski definition) is 0. The molecule has 68 valence electrons. The summed E-state index contributed by atoms with van der Waals surface area (Å²) in [5.41, 5.74) is 0. The second-order valence-corrected chi connectivity index (χ2v) is 5.28. The second-order valence-electron chi connectivity index (χ2n) is 3.29. The summed E-state index contributed by atoms with van der Waals surface area (Å²) in [5.74, 6) is 0.999. The Morgan fingerprint density at radius 3 is 2.85 bits per heavy atom. The quantitative estimate of drug-likeness (QED) is 0.732. The van der Waals surface area contributed by atoms with Crippen molar-refractivity contribution in [2.24, 2.45) is 0 Å². The molecule has 1 aromatic heterocycles. The normalized spacial score (nSPS) is 11.0. The zero-order chi connectivity index (χ0) is 9.26. The fourth-order valence-corrected chi connectivity index (χ4v) is 3.00. The van der Waals surface area contributed by atoms with E-state index in [1.54, 1.807) is 0 Å². The maximum atomic E-state index is 5.62. The summed E-state index contributed by atoms with van der Waals surface area (Å²) in [7, 11) is 0. The van der Waals surface area contributed by atoms with Gasteiger partial charge in [0.05, 0.1) is 0 Å². The third-order valence-electron chi connectivity index (χ3n) is 1.80. The van der Waals surface area contributed by atoms with E-state index in [1.807, 2.05) is 6.07 Å². The molecule has 1 heterocycles. The van der Waals surface area contributed by atoms with Crippen LogP contribution in [0.25, 0.3) is 9.65 Å². The van der Waals surface area contributed by atoms with Crippen molar-refractivity contribution in [3.63, 3.8) is 0 Å². The van der Waals surface area contributed by atoms with Gasteiger partial charge in [-0.25, -0.2) is 0 Å². The number of hydrogen-bond acceptors (Lipinski definition) is 1. The van der Waals surface area contributed by atoms with Gasteiger partial charge in [-0.1, -0.05) is 0 Å². The van der Waals surface area contributed by atoms with Crippen LogP contribution in [0.1, 0.15) is 13.8 Å². The topological polar surface area (TPSA) is 9.23 Å². The van der Waals surface area contributed by atoms with Gasteiger partial charge in [-0.2, -0.15) is 0 Å². The molecule has 2 heteroatoms. The van der Waals surface area contributed by atoms with Gasteiger partial charge in [-0.3, -0.25) is 0 Å². The van der Waals surface area contributed by atoms with E-state index in [4.69, 9.17) is 4.74 Å². The minimum absolute atomic E-state index is 0.264. The second kappa shape index (κ2) is 3.57. The molecule has 2 aromatic rings. The standard InChI is InChI=1S/C11H12OSe/c1-8(2)12-10-4-3-9-5-6-13-11(9)7-10/h3-8H,1-2H3. The van der Waals surface area contributed by atoms with Crippen molar-refractivity contribution >= 4 is 24.1 Å². The van der Waals surface area contributed by atoms with Crippen LogP contribution < -0.4 is 4.74 Å².